The molecule has 0 spiro atoms. The molecule has 1 aromatic heterocycles. The summed E-state index contributed by atoms with van der Waals surface area (Å²) in [6.45, 7) is 4.04. The molecule has 2 aromatic carbocycles. The van der Waals surface area contributed by atoms with Crippen molar-refractivity contribution in [2.45, 2.75) is 18.4 Å². The standard InChI is InChI=1S/C22H24N4O5S2/c1-16-6-7-18(26(27)28)13-21(16)33(29,30)25-10-8-24(9-11-25)14-22-23-20(15-32-22)17-4-3-5-19(12-17)31-2/h3-7,12-13,15H,8-11,14H2,1-2H3. The van der Waals surface area contributed by atoms with Gasteiger partial charge in [-0.15, -0.1) is 11.3 Å². The van der Waals surface area contributed by atoms with Gasteiger partial charge in [0.15, 0.2) is 0 Å². The van der Waals surface area contributed by atoms with E-state index >= 15 is 0 Å². The second kappa shape index (κ2) is 9.56. The van der Waals surface area contributed by atoms with Crippen molar-refractivity contribution in [1.29, 1.82) is 0 Å². The smallest absolute Gasteiger partial charge is 0.270 e. The van der Waals surface area contributed by atoms with Crippen molar-refractivity contribution in [2.24, 2.45) is 0 Å². The highest BCUT2D eigenvalue weighted by Crippen LogP contribution is 2.28. The van der Waals surface area contributed by atoms with Gasteiger partial charge in [-0.05, 0) is 24.6 Å². The number of rotatable bonds is 7. The summed E-state index contributed by atoms with van der Waals surface area (Å²) in [4.78, 5) is 17.4. The van der Waals surface area contributed by atoms with E-state index in [9.17, 15) is 18.5 Å². The molecule has 0 atom stereocenters. The molecule has 1 aliphatic rings. The number of aryl methyl sites for hydroxylation is 1. The summed E-state index contributed by atoms with van der Waals surface area (Å²) in [6, 6.07) is 11.7. The van der Waals surface area contributed by atoms with E-state index in [1.165, 1.54) is 16.4 Å². The van der Waals surface area contributed by atoms with Gasteiger partial charge in [0.05, 0.1) is 29.2 Å². The topological polar surface area (TPSA) is 106 Å². The SMILES string of the molecule is COc1cccc(-c2csc(CN3CCN(S(=O)(=O)c4cc([N+](=O)[O-])ccc4C)CC3)n2)c1. The summed E-state index contributed by atoms with van der Waals surface area (Å²) in [5.41, 5.74) is 2.14. The molecular formula is C22H24N4O5S2. The summed E-state index contributed by atoms with van der Waals surface area (Å²) in [6.07, 6.45) is 0. The van der Waals surface area contributed by atoms with Crippen molar-refractivity contribution in [1.82, 2.24) is 14.2 Å². The number of nitro groups is 1. The van der Waals surface area contributed by atoms with Gasteiger partial charge in [0.25, 0.3) is 5.69 Å². The first kappa shape index (κ1) is 23.3. The molecule has 1 saturated heterocycles. The lowest BCUT2D eigenvalue weighted by atomic mass is 10.2. The molecule has 9 nitrogen and oxygen atoms in total. The van der Waals surface area contributed by atoms with Crippen LogP contribution in [0.25, 0.3) is 11.3 Å². The zero-order chi connectivity index (χ0) is 23.6. The van der Waals surface area contributed by atoms with Crippen LogP contribution in [0.3, 0.4) is 0 Å². The Morgan fingerprint density at radius 2 is 1.91 bits per heavy atom. The number of piperazine rings is 1. The molecule has 1 aliphatic heterocycles. The van der Waals surface area contributed by atoms with Gasteiger partial charge in [-0.25, -0.2) is 13.4 Å². The fourth-order valence-corrected chi connectivity index (χ4v) is 6.25. The van der Waals surface area contributed by atoms with Crippen LogP contribution in [0.15, 0.2) is 52.7 Å². The molecule has 0 saturated carbocycles. The fraction of sp³-hybridized carbons (Fsp3) is 0.318. The molecule has 0 bridgehead atoms. The first-order chi connectivity index (χ1) is 15.8. The van der Waals surface area contributed by atoms with E-state index < -0.39 is 14.9 Å². The second-order valence-electron chi connectivity index (χ2n) is 7.75. The van der Waals surface area contributed by atoms with Crippen molar-refractivity contribution in [2.75, 3.05) is 33.3 Å². The van der Waals surface area contributed by atoms with Crippen LogP contribution in [0.5, 0.6) is 5.75 Å². The van der Waals surface area contributed by atoms with Crippen molar-refractivity contribution in [3.8, 4) is 17.0 Å². The normalized spacial score (nSPS) is 15.5. The summed E-state index contributed by atoms with van der Waals surface area (Å²) in [7, 11) is -2.18. The molecule has 4 rings (SSSR count). The Bertz CT molecular complexity index is 1270. The van der Waals surface area contributed by atoms with Crippen LogP contribution in [-0.4, -0.2) is 60.8 Å². The van der Waals surface area contributed by atoms with Gasteiger partial charge in [0.2, 0.25) is 10.0 Å². The third-order valence-electron chi connectivity index (χ3n) is 5.61. The first-order valence-corrected chi connectivity index (χ1v) is 12.7. The number of hydrogen-bond donors (Lipinski definition) is 0. The molecule has 11 heteroatoms. The third kappa shape index (κ3) is 5.06. The molecule has 174 valence electrons. The maximum Gasteiger partial charge on any atom is 0.270 e. The molecule has 0 aliphatic carbocycles. The summed E-state index contributed by atoms with van der Waals surface area (Å²) < 4.78 is 32.9. The quantitative estimate of drug-likeness (QED) is 0.370. The van der Waals surface area contributed by atoms with Crippen LogP contribution < -0.4 is 4.74 Å². The Hall–Kier alpha value is -2.86. The van der Waals surface area contributed by atoms with Crippen molar-refractivity contribution >= 4 is 27.0 Å². The van der Waals surface area contributed by atoms with Gasteiger partial charge in [-0.3, -0.25) is 15.0 Å². The minimum absolute atomic E-state index is 0.00648. The molecule has 0 amide bonds. The number of ether oxygens (including phenoxy) is 1. The average Bonchev–Trinajstić information content (AvgIpc) is 3.28. The van der Waals surface area contributed by atoms with Gasteiger partial charge in [-0.1, -0.05) is 18.2 Å². The van der Waals surface area contributed by atoms with Crippen molar-refractivity contribution < 1.29 is 18.1 Å². The highest BCUT2D eigenvalue weighted by Gasteiger charge is 2.31. The van der Waals surface area contributed by atoms with Crippen LogP contribution in [0.4, 0.5) is 5.69 Å². The fourth-order valence-electron chi connectivity index (χ4n) is 3.74. The number of hydrogen-bond acceptors (Lipinski definition) is 8. The van der Waals surface area contributed by atoms with Crippen LogP contribution >= 0.6 is 11.3 Å². The van der Waals surface area contributed by atoms with E-state index in [0.717, 1.165) is 28.1 Å². The minimum atomic E-state index is -3.81. The number of benzene rings is 2. The lowest BCUT2D eigenvalue weighted by Crippen LogP contribution is -2.48. The Labute approximate surface area is 196 Å². The Balaban J connectivity index is 1.41. The maximum atomic E-state index is 13.1. The summed E-state index contributed by atoms with van der Waals surface area (Å²) in [5, 5.41) is 14.1. The van der Waals surface area contributed by atoms with Gasteiger partial charge in [0.1, 0.15) is 10.8 Å². The van der Waals surface area contributed by atoms with E-state index in [0.29, 0.717) is 38.3 Å². The molecule has 0 N–H and O–H groups in total. The predicted octanol–water partition coefficient (Wildman–Crippen LogP) is 3.54. The number of methoxy groups -OCH3 is 1. The lowest BCUT2D eigenvalue weighted by molar-refractivity contribution is -0.385. The molecule has 0 radical (unpaired) electrons. The third-order valence-corrected chi connectivity index (χ3v) is 8.48. The van der Waals surface area contributed by atoms with E-state index in [4.69, 9.17) is 9.72 Å². The highest BCUT2D eigenvalue weighted by atomic mass is 32.2. The highest BCUT2D eigenvalue weighted by molar-refractivity contribution is 7.89. The van der Waals surface area contributed by atoms with Crippen LogP contribution in [-0.2, 0) is 16.6 Å². The van der Waals surface area contributed by atoms with E-state index in [2.05, 4.69) is 4.90 Å². The number of aromatic nitrogens is 1. The predicted molar refractivity (Wildman–Crippen MR) is 126 cm³/mol. The van der Waals surface area contributed by atoms with Gasteiger partial charge in [0, 0.05) is 49.3 Å². The maximum absolute atomic E-state index is 13.1. The number of nitrogens with zero attached hydrogens (tertiary/aromatic N) is 4. The van der Waals surface area contributed by atoms with Crippen LogP contribution in [0.2, 0.25) is 0 Å². The molecule has 2 heterocycles. The Kier molecular flexibility index (Phi) is 6.75. The summed E-state index contributed by atoms with van der Waals surface area (Å²) in [5.74, 6) is 0.776. The van der Waals surface area contributed by atoms with E-state index in [1.807, 2.05) is 29.6 Å². The number of sulfonamides is 1. The van der Waals surface area contributed by atoms with Crippen LogP contribution in [0.1, 0.15) is 10.6 Å². The zero-order valence-electron chi connectivity index (χ0n) is 18.3. The molecule has 3 aromatic rings. The van der Waals surface area contributed by atoms with Gasteiger partial charge in [-0.2, -0.15) is 4.31 Å². The monoisotopic (exact) mass is 488 g/mol. The number of non-ortho nitro benzene ring substituents is 1. The lowest BCUT2D eigenvalue weighted by Gasteiger charge is -2.33. The molecular weight excluding hydrogens is 464 g/mol. The number of nitro benzene ring substituents is 1. The van der Waals surface area contributed by atoms with Crippen molar-refractivity contribution in [3.63, 3.8) is 0 Å². The largest absolute Gasteiger partial charge is 0.497 e. The first-order valence-electron chi connectivity index (χ1n) is 10.3. The minimum Gasteiger partial charge on any atom is -0.497 e. The Morgan fingerprint density at radius 1 is 1.15 bits per heavy atom. The zero-order valence-corrected chi connectivity index (χ0v) is 19.9. The molecule has 0 unspecified atom stereocenters. The van der Waals surface area contributed by atoms with Gasteiger partial charge >= 0.3 is 0 Å². The van der Waals surface area contributed by atoms with Gasteiger partial charge < -0.3 is 4.74 Å². The molecule has 1 fully saturated rings. The Morgan fingerprint density at radius 3 is 2.61 bits per heavy atom. The number of thiazole rings is 1. The second-order valence-corrected chi connectivity index (χ2v) is 10.6. The molecule has 33 heavy (non-hydrogen) atoms. The van der Waals surface area contributed by atoms with Crippen LogP contribution in [0, 0.1) is 17.0 Å². The van der Waals surface area contributed by atoms with E-state index in [-0.39, 0.29) is 10.6 Å². The van der Waals surface area contributed by atoms with E-state index in [1.54, 1.807) is 25.4 Å². The van der Waals surface area contributed by atoms with Crippen molar-refractivity contribution in [3.05, 3.63) is 68.5 Å². The summed E-state index contributed by atoms with van der Waals surface area (Å²) >= 11 is 1.57. The average molecular weight is 489 g/mol.